The number of likely N-dealkylation sites (tertiary alicyclic amines) is 1. The molecular weight excluding hydrogens is 320 g/mol. The molecule has 2 heterocycles. The number of rotatable bonds is 5. The zero-order valence-electron chi connectivity index (χ0n) is 14.2. The van der Waals surface area contributed by atoms with Crippen LogP contribution in [0.25, 0.3) is 5.69 Å². The maximum atomic E-state index is 12.8. The third-order valence-corrected chi connectivity index (χ3v) is 4.39. The molecule has 25 heavy (non-hydrogen) atoms. The molecule has 0 aliphatic carbocycles. The number of methoxy groups -OCH3 is 1. The predicted octanol–water partition coefficient (Wildman–Crippen LogP) is 1.47. The highest BCUT2D eigenvalue weighted by Crippen LogP contribution is 2.20. The molecule has 1 fully saturated rings. The lowest BCUT2D eigenvalue weighted by molar-refractivity contribution is 0.0565. The molecule has 0 bridgehead atoms. The average molecular weight is 342 g/mol. The Morgan fingerprint density at radius 1 is 1.32 bits per heavy atom. The summed E-state index contributed by atoms with van der Waals surface area (Å²) in [6.07, 6.45) is 1.98. The summed E-state index contributed by atoms with van der Waals surface area (Å²) in [5, 5.41) is 4.34. The van der Waals surface area contributed by atoms with Gasteiger partial charge in [-0.25, -0.2) is 4.68 Å². The van der Waals surface area contributed by atoms with Gasteiger partial charge in [-0.2, -0.15) is 5.10 Å². The van der Waals surface area contributed by atoms with E-state index >= 15 is 0 Å². The second-order valence-electron chi connectivity index (χ2n) is 6.24. The minimum Gasteiger partial charge on any atom is -0.384 e. The van der Waals surface area contributed by atoms with Crippen molar-refractivity contribution >= 4 is 11.8 Å². The Kier molecular flexibility index (Phi) is 5.14. The highest BCUT2D eigenvalue weighted by molar-refractivity contribution is 5.97. The molecule has 0 saturated carbocycles. The molecule has 2 aromatic rings. The number of nitrogens with two attached hydrogens (primary N) is 1. The van der Waals surface area contributed by atoms with E-state index < -0.39 is 5.91 Å². The number of benzene rings is 1. The zero-order chi connectivity index (χ0) is 17.8. The van der Waals surface area contributed by atoms with Crippen LogP contribution in [0.3, 0.4) is 0 Å². The Balaban J connectivity index is 1.87. The Hall–Kier alpha value is -2.67. The van der Waals surface area contributed by atoms with E-state index in [1.54, 1.807) is 12.0 Å². The first-order valence-electron chi connectivity index (χ1n) is 8.33. The van der Waals surface area contributed by atoms with E-state index in [0.29, 0.717) is 31.3 Å². The molecule has 3 rings (SSSR count). The Labute approximate surface area is 146 Å². The van der Waals surface area contributed by atoms with Crippen molar-refractivity contribution in [2.45, 2.75) is 12.8 Å². The summed E-state index contributed by atoms with van der Waals surface area (Å²) >= 11 is 0. The van der Waals surface area contributed by atoms with E-state index in [4.69, 9.17) is 10.5 Å². The van der Waals surface area contributed by atoms with Crippen LogP contribution in [0, 0.1) is 5.92 Å². The fourth-order valence-corrected chi connectivity index (χ4v) is 3.21. The first-order valence-corrected chi connectivity index (χ1v) is 8.33. The number of hydrogen-bond acceptors (Lipinski definition) is 4. The Bertz CT molecular complexity index is 755. The highest BCUT2D eigenvalue weighted by atomic mass is 16.5. The maximum absolute atomic E-state index is 12.8. The smallest absolute Gasteiger partial charge is 0.274 e. The van der Waals surface area contributed by atoms with Gasteiger partial charge >= 0.3 is 0 Å². The van der Waals surface area contributed by atoms with Gasteiger partial charge in [-0.3, -0.25) is 9.59 Å². The summed E-state index contributed by atoms with van der Waals surface area (Å²) in [5.41, 5.74) is 6.58. The maximum Gasteiger partial charge on any atom is 0.274 e. The molecule has 1 aromatic heterocycles. The third-order valence-electron chi connectivity index (χ3n) is 4.39. The second-order valence-corrected chi connectivity index (χ2v) is 6.24. The zero-order valence-corrected chi connectivity index (χ0v) is 14.2. The number of primary amides is 1. The van der Waals surface area contributed by atoms with Gasteiger partial charge in [-0.15, -0.1) is 0 Å². The van der Waals surface area contributed by atoms with Crippen LogP contribution >= 0.6 is 0 Å². The number of nitrogens with zero attached hydrogens (tertiary/aromatic N) is 3. The number of ether oxygens (including phenoxy) is 1. The summed E-state index contributed by atoms with van der Waals surface area (Å²) in [4.78, 5) is 26.4. The average Bonchev–Trinajstić information content (AvgIpc) is 3.08. The normalized spacial score (nSPS) is 17.5. The predicted molar refractivity (Wildman–Crippen MR) is 92.6 cm³/mol. The van der Waals surface area contributed by atoms with Crippen LogP contribution in [0.2, 0.25) is 0 Å². The molecule has 1 aliphatic heterocycles. The lowest BCUT2D eigenvalue weighted by Crippen LogP contribution is -2.41. The third kappa shape index (κ3) is 3.71. The van der Waals surface area contributed by atoms with Gasteiger partial charge < -0.3 is 15.4 Å². The van der Waals surface area contributed by atoms with Crippen LogP contribution in [-0.2, 0) is 4.74 Å². The topological polar surface area (TPSA) is 90.5 Å². The molecule has 7 nitrogen and oxygen atoms in total. The minimum absolute atomic E-state index is 0.182. The Morgan fingerprint density at radius 3 is 2.76 bits per heavy atom. The second kappa shape index (κ2) is 7.48. The van der Waals surface area contributed by atoms with E-state index in [1.165, 1.54) is 10.7 Å². The lowest BCUT2D eigenvalue weighted by Gasteiger charge is -2.31. The Morgan fingerprint density at radius 2 is 2.08 bits per heavy atom. The van der Waals surface area contributed by atoms with Crippen LogP contribution in [0.4, 0.5) is 0 Å². The molecule has 1 aliphatic rings. The largest absolute Gasteiger partial charge is 0.384 e. The number of carbonyl (C=O) groups excluding carboxylic acids is 2. The number of carbonyl (C=O) groups is 2. The van der Waals surface area contributed by atoms with E-state index in [0.717, 1.165) is 12.8 Å². The molecule has 1 unspecified atom stereocenters. The van der Waals surface area contributed by atoms with E-state index in [9.17, 15) is 9.59 Å². The molecule has 132 valence electrons. The van der Waals surface area contributed by atoms with Gasteiger partial charge in [-0.1, -0.05) is 18.2 Å². The summed E-state index contributed by atoms with van der Waals surface area (Å²) in [6, 6.07) is 10.6. The van der Waals surface area contributed by atoms with Gasteiger partial charge in [-0.05, 0) is 30.9 Å². The molecule has 1 aromatic carbocycles. The van der Waals surface area contributed by atoms with Gasteiger partial charge in [0.25, 0.3) is 11.8 Å². The van der Waals surface area contributed by atoms with Gasteiger partial charge in [0, 0.05) is 26.3 Å². The van der Waals surface area contributed by atoms with Crippen LogP contribution in [0.1, 0.15) is 33.8 Å². The molecule has 0 spiro atoms. The number of aromatic nitrogens is 2. The monoisotopic (exact) mass is 342 g/mol. The van der Waals surface area contributed by atoms with Crippen molar-refractivity contribution in [3.05, 3.63) is 47.8 Å². The van der Waals surface area contributed by atoms with Crippen molar-refractivity contribution in [2.24, 2.45) is 11.7 Å². The van der Waals surface area contributed by atoms with Crippen molar-refractivity contribution in [2.75, 3.05) is 26.8 Å². The molecule has 7 heteroatoms. The van der Waals surface area contributed by atoms with Crippen molar-refractivity contribution in [3.63, 3.8) is 0 Å². The summed E-state index contributed by atoms with van der Waals surface area (Å²) in [5.74, 6) is -0.473. The van der Waals surface area contributed by atoms with Crippen LogP contribution < -0.4 is 5.73 Å². The fourth-order valence-electron chi connectivity index (χ4n) is 3.21. The van der Waals surface area contributed by atoms with Gasteiger partial charge in [0.15, 0.2) is 5.69 Å². The van der Waals surface area contributed by atoms with E-state index in [-0.39, 0.29) is 17.3 Å². The summed E-state index contributed by atoms with van der Waals surface area (Å²) in [6.45, 7) is 1.95. The van der Waals surface area contributed by atoms with E-state index in [1.807, 2.05) is 30.3 Å². The van der Waals surface area contributed by atoms with Gasteiger partial charge in [0.1, 0.15) is 5.69 Å². The first kappa shape index (κ1) is 17.2. The number of para-hydroxylation sites is 1. The molecule has 1 atom stereocenters. The molecule has 1 saturated heterocycles. The van der Waals surface area contributed by atoms with Crippen molar-refractivity contribution in [1.29, 1.82) is 0 Å². The number of hydrogen-bond donors (Lipinski definition) is 1. The summed E-state index contributed by atoms with van der Waals surface area (Å²) < 4.78 is 6.63. The number of piperidine rings is 1. The lowest BCUT2D eigenvalue weighted by atomic mass is 9.99. The number of amides is 2. The molecule has 0 radical (unpaired) electrons. The van der Waals surface area contributed by atoms with Crippen molar-refractivity contribution < 1.29 is 14.3 Å². The quantitative estimate of drug-likeness (QED) is 0.891. The van der Waals surface area contributed by atoms with E-state index in [2.05, 4.69) is 5.10 Å². The van der Waals surface area contributed by atoms with Crippen molar-refractivity contribution in [3.8, 4) is 5.69 Å². The molecule has 2 amide bonds. The molecule has 2 N–H and O–H groups in total. The fraction of sp³-hybridized carbons (Fsp3) is 0.389. The van der Waals surface area contributed by atoms with Crippen LogP contribution in [0.5, 0.6) is 0 Å². The molecular formula is C18H22N4O3. The summed E-state index contributed by atoms with van der Waals surface area (Å²) in [7, 11) is 1.67. The van der Waals surface area contributed by atoms with Crippen molar-refractivity contribution in [1.82, 2.24) is 14.7 Å². The van der Waals surface area contributed by atoms with Crippen LogP contribution in [0.15, 0.2) is 36.4 Å². The minimum atomic E-state index is -0.619. The SMILES string of the molecule is COCC1CCCN(C(=O)c2cc(C(N)=O)n(-c3ccccc3)n2)C1. The van der Waals surface area contributed by atoms with Gasteiger partial charge in [0.05, 0.1) is 12.3 Å². The first-order chi connectivity index (χ1) is 12.1. The standard InChI is InChI=1S/C18H22N4O3/c1-25-12-13-6-5-9-21(11-13)18(24)15-10-16(17(19)23)22(20-15)14-7-3-2-4-8-14/h2-4,7-8,10,13H,5-6,9,11-12H2,1H3,(H2,19,23). The van der Waals surface area contributed by atoms with Gasteiger partial charge in [0.2, 0.25) is 0 Å². The van der Waals surface area contributed by atoms with Crippen LogP contribution in [-0.4, -0.2) is 53.3 Å². The highest BCUT2D eigenvalue weighted by Gasteiger charge is 2.27.